The number of hydrogen-bond acceptors (Lipinski definition) is 4. The number of likely N-dealkylation sites (tertiary alicyclic amines) is 1. The Morgan fingerprint density at radius 1 is 1.50 bits per heavy atom. The summed E-state index contributed by atoms with van der Waals surface area (Å²) in [6.07, 6.45) is 3.22. The fourth-order valence-corrected chi connectivity index (χ4v) is 2.29. The summed E-state index contributed by atoms with van der Waals surface area (Å²) in [4.78, 5) is 17.2. The first-order valence-electron chi connectivity index (χ1n) is 6.00. The Hall–Kier alpha value is -0.823. The second-order valence-corrected chi connectivity index (χ2v) is 4.67. The van der Waals surface area contributed by atoms with E-state index in [4.69, 9.17) is 0 Å². The van der Waals surface area contributed by atoms with E-state index < -0.39 is 5.97 Å². The molecule has 2 rings (SSSR count). The fourth-order valence-electron chi connectivity index (χ4n) is 2.29. The number of aromatic nitrogens is 1. The molecule has 1 aromatic rings. The van der Waals surface area contributed by atoms with Crippen LogP contribution in [0.1, 0.15) is 24.1 Å². The van der Waals surface area contributed by atoms with Crippen LogP contribution in [0.15, 0.2) is 18.3 Å². The van der Waals surface area contributed by atoms with Gasteiger partial charge in [0.25, 0.3) is 0 Å². The number of carboxylic acids is 1. The molecule has 0 radical (unpaired) electrons. The molecule has 1 aliphatic heterocycles. The van der Waals surface area contributed by atoms with Gasteiger partial charge in [0.1, 0.15) is 0 Å². The van der Waals surface area contributed by atoms with E-state index in [1.807, 2.05) is 19.2 Å². The van der Waals surface area contributed by atoms with Crippen LogP contribution in [0.4, 0.5) is 0 Å². The Morgan fingerprint density at radius 3 is 2.72 bits per heavy atom. The van der Waals surface area contributed by atoms with Gasteiger partial charge in [-0.3, -0.25) is 9.88 Å². The Balaban J connectivity index is 0.00000162. The van der Waals surface area contributed by atoms with Crippen LogP contribution in [0, 0.1) is 12.8 Å². The zero-order chi connectivity index (χ0) is 12.3. The van der Waals surface area contributed by atoms with Crippen LogP contribution in [0.5, 0.6) is 0 Å². The first-order chi connectivity index (χ1) is 8.15. The largest absolute Gasteiger partial charge is 1.00 e. The summed E-state index contributed by atoms with van der Waals surface area (Å²) in [5, 5.41) is 10.7. The van der Waals surface area contributed by atoms with E-state index in [-0.39, 0.29) is 24.8 Å². The van der Waals surface area contributed by atoms with Gasteiger partial charge in [-0.25, -0.2) is 0 Å². The standard InChI is InChI=1S/C13H18N2O2.Li/c1-10-8-11(2-5-14-10)9-15-6-3-12(4-7-15)13(16)17;/h2,5,8,12H,3-4,6-7,9H2,1H3,(H,16,17);/q;+1/p-1. The molecule has 0 bridgehead atoms. The molecule has 0 amide bonds. The summed E-state index contributed by atoms with van der Waals surface area (Å²) in [5.41, 5.74) is 2.26. The maximum atomic E-state index is 10.7. The van der Waals surface area contributed by atoms with Crippen LogP contribution < -0.4 is 24.0 Å². The molecule has 5 heteroatoms. The van der Waals surface area contributed by atoms with Crippen molar-refractivity contribution in [3.63, 3.8) is 0 Å². The van der Waals surface area contributed by atoms with Crippen LogP contribution >= 0.6 is 0 Å². The maximum Gasteiger partial charge on any atom is 1.00 e. The van der Waals surface area contributed by atoms with Crippen LogP contribution in [0.3, 0.4) is 0 Å². The van der Waals surface area contributed by atoms with Gasteiger partial charge in [-0.1, -0.05) is 0 Å². The average molecular weight is 240 g/mol. The van der Waals surface area contributed by atoms with Crippen molar-refractivity contribution in [3.05, 3.63) is 29.6 Å². The topological polar surface area (TPSA) is 56.3 Å². The second kappa shape index (κ2) is 6.94. The van der Waals surface area contributed by atoms with Crippen molar-refractivity contribution in [1.29, 1.82) is 0 Å². The summed E-state index contributed by atoms with van der Waals surface area (Å²) in [6, 6.07) is 4.09. The summed E-state index contributed by atoms with van der Waals surface area (Å²) >= 11 is 0. The normalized spacial score (nSPS) is 17.2. The summed E-state index contributed by atoms with van der Waals surface area (Å²) < 4.78 is 0. The van der Waals surface area contributed by atoms with E-state index >= 15 is 0 Å². The van der Waals surface area contributed by atoms with Crippen molar-refractivity contribution in [2.45, 2.75) is 26.3 Å². The van der Waals surface area contributed by atoms with Crippen molar-refractivity contribution in [2.24, 2.45) is 5.92 Å². The van der Waals surface area contributed by atoms with Crippen molar-refractivity contribution < 1.29 is 28.8 Å². The smallest absolute Gasteiger partial charge is 0.550 e. The molecule has 0 saturated carbocycles. The summed E-state index contributed by atoms with van der Waals surface area (Å²) in [7, 11) is 0. The zero-order valence-electron chi connectivity index (χ0n) is 11.1. The number of hydrogen-bond donors (Lipinski definition) is 0. The third-order valence-corrected chi connectivity index (χ3v) is 3.29. The van der Waals surface area contributed by atoms with Gasteiger partial charge in [-0.2, -0.15) is 0 Å². The van der Waals surface area contributed by atoms with E-state index in [0.29, 0.717) is 12.8 Å². The summed E-state index contributed by atoms with van der Waals surface area (Å²) in [5.74, 6) is -1.16. The Morgan fingerprint density at radius 2 is 2.17 bits per heavy atom. The molecule has 1 saturated heterocycles. The molecule has 0 aliphatic carbocycles. The first kappa shape index (κ1) is 15.2. The van der Waals surface area contributed by atoms with Gasteiger partial charge in [0.15, 0.2) is 0 Å². The number of aliphatic carboxylic acids is 1. The van der Waals surface area contributed by atoms with E-state index in [2.05, 4.69) is 16.0 Å². The number of pyridine rings is 1. The molecule has 18 heavy (non-hydrogen) atoms. The molecule has 0 aromatic carbocycles. The van der Waals surface area contributed by atoms with Gasteiger partial charge in [0, 0.05) is 30.3 Å². The van der Waals surface area contributed by atoms with Crippen LogP contribution in [-0.2, 0) is 11.3 Å². The molecule has 0 N–H and O–H groups in total. The number of carbonyl (C=O) groups is 1. The van der Waals surface area contributed by atoms with Gasteiger partial charge < -0.3 is 9.90 Å². The van der Waals surface area contributed by atoms with Gasteiger partial charge >= 0.3 is 18.9 Å². The number of piperidine rings is 1. The van der Waals surface area contributed by atoms with Crippen molar-refractivity contribution in [2.75, 3.05) is 13.1 Å². The Bertz CT molecular complexity index is 404. The summed E-state index contributed by atoms with van der Waals surface area (Å²) in [6.45, 7) is 4.52. The van der Waals surface area contributed by atoms with Crippen LogP contribution in [0.2, 0.25) is 0 Å². The van der Waals surface area contributed by atoms with Gasteiger partial charge in [-0.15, -0.1) is 0 Å². The molecule has 0 atom stereocenters. The van der Waals surface area contributed by atoms with Crippen LogP contribution in [-0.4, -0.2) is 28.9 Å². The zero-order valence-corrected chi connectivity index (χ0v) is 11.1. The fraction of sp³-hybridized carbons (Fsp3) is 0.538. The van der Waals surface area contributed by atoms with Gasteiger partial charge in [0.05, 0.1) is 0 Å². The Kier molecular flexibility index (Phi) is 5.87. The second-order valence-electron chi connectivity index (χ2n) is 4.67. The molecule has 92 valence electrons. The van der Waals surface area contributed by atoms with Crippen molar-refractivity contribution >= 4 is 5.97 Å². The van der Waals surface area contributed by atoms with Crippen LogP contribution in [0.25, 0.3) is 0 Å². The van der Waals surface area contributed by atoms with E-state index in [1.54, 1.807) is 0 Å². The van der Waals surface area contributed by atoms with E-state index in [1.165, 1.54) is 5.56 Å². The Labute approximate surface area is 120 Å². The number of rotatable bonds is 3. The minimum absolute atomic E-state index is 0. The van der Waals surface area contributed by atoms with Gasteiger partial charge in [0.2, 0.25) is 0 Å². The molecule has 0 spiro atoms. The number of carbonyl (C=O) groups excluding carboxylic acids is 1. The molecular formula is C13H17LiN2O2. The first-order valence-corrected chi connectivity index (χ1v) is 6.00. The number of carboxylic acid groups (broad SMARTS) is 1. The van der Waals surface area contributed by atoms with E-state index in [0.717, 1.165) is 25.3 Å². The molecule has 1 aliphatic rings. The average Bonchev–Trinajstić information content (AvgIpc) is 2.29. The molecule has 2 heterocycles. The minimum atomic E-state index is -0.899. The van der Waals surface area contributed by atoms with Crippen molar-refractivity contribution in [3.8, 4) is 0 Å². The monoisotopic (exact) mass is 240 g/mol. The molecule has 4 nitrogen and oxygen atoms in total. The van der Waals surface area contributed by atoms with Gasteiger partial charge in [-0.05, 0) is 50.6 Å². The molecule has 0 unspecified atom stereocenters. The number of aryl methyl sites for hydroxylation is 1. The predicted molar refractivity (Wildman–Crippen MR) is 62.0 cm³/mol. The predicted octanol–water partition coefficient (Wildman–Crippen LogP) is -2.64. The molecular weight excluding hydrogens is 223 g/mol. The minimum Gasteiger partial charge on any atom is -0.550 e. The van der Waals surface area contributed by atoms with Crippen molar-refractivity contribution in [1.82, 2.24) is 9.88 Å². The third kappa shape index (κ3) is 4.13. The molecule has 1 aromatic heterocycles. The maximum absolute atomic E-state index is 10.7. The van der Waals surface area contributed by atoms with E-state index in [9.17, 15) is 9.90 Å². The molecule has 1 fully saturated rings. The SMILES string of the molecule is Cc1cc(CN2CCC(C(=O)[O-])CC2)ccn1.[Li+]. The third-order valence-electron chi connectivity index (χ3n) is 3.29. The quantitative estimate of drug-likeness (QED) is 0.542. The number of nitrogens with zero attached hydrogens (tertiary/aromatic N) is 2.